The molecule has 0 spiro atoms. The molecular formula is C20H18N2O4. The maximum Gasteiger partial charge on any atom is 0.313 e. The molecule has 1 aliphatic rings. The van der Waals surface area contributed by atoms with Gasteiger partial charge in [0.05, 0.1) is 31.9 Å². The SMILES string of the molecule is COc1ccc(-c2[nH]nc3c2[C@H](c2ccc(OC)cc2)CC(=O)O3)cc1. The minimum Gasteiger partial charge on any atom is -0.497 e. The molecule has 6 nitrogen and oxygen atoms in total. The second-order valence-corrected chi connectivity index (χ2v) is 6.05. The van der Waals surface area contributed by atoms with Crippen molar-refractivity contribution >= 4 is 5.97 Å². The highest BCUT2D eigenvalue weighted by Gasteiger charge is 2.33. The number of rotatable bonds is 4. The summed E-state index contributed by atoms with van der Waals surface area (Å²) in [5.41, 5.74) is 3.70. The van der Waals surface area contributed by atoms with Crippen molar-refractivity contribution in [1.82, 2.24) is 10.2 Å². The van der Waals surface area contributed by atoms with Crippen LogP contribution in [0.5, 0.6) is 17.4 Å². The quantitative estimate of drug-likeness (QED) is 0.729. The van der Waals surface area contributed by atoms with E-state index >= 15 is 0 Å². The first-order valence-electron chi connectivity index (χ1n) is 8.27. The largest absolute Gasteiger partial charge is 0.497 e. The lowest BCUT2D eigenvalue weighted by atomic mass is 9.86. The van der Waals surface area contributed by atoms with E-state index in [4.69, 9.17) is 14.2 Å². The van der Waals surface area contributed by atoms with E-state index in [2.05, 4.69) is 10.2 Å². The van der Waals surface area contributed by atoms with Crippen molar-refractivity contribution in [1.29, 1.82) is 0 Å². The van der Waals surface area contributed by atoms with Gasteiger partial charge in [-0.1, -0.05) is 12.1 Å². The molecule has 1 aliphatic heterocycles. The lowest BCUT2D eigenvalue weighted by molar-refractivity contribution is -0.135. The molecule has 0 fully saturated rings. The second-order valence-electron chi connectivity index (χ2n) is 6.05. The van der Waals surface area contributed by atoms with Gasteiger partial charge in [0, 0.05) is 11.5 Å². The highest BCUT2D eigenvalue weighted by atomic mass is 16.5. The highest BCUT2D eigenvalue weighted by molar-refractivity contribution is 5.80. The molecule has 0 saturated carbocycles. The van der Waals surface area contributed by atoms with Crippen LogP contribution < -0.4 is 14.2 Å². The predicted molar refractivity (Wildman–Crippen MR) is 95.7 cm³/mol. The van der Waals surface area contributed by atoms with E-state index in [0.29, 0.717) is 5.88 Å². The fraction of sp³-hybridized carbons (Fsp3) is 0.200. The molecule has 2 heterocycles. The van der Waals surface area contributed by atoms with Crippen molar-refractivity contribution < 1.29 is 19.0 Å². The van der Waals surface area contributed by atoms with E-state index in [-0.39, 0.29) is 18.3 Å². The molecule has 2 aromatic carbocycles. The summed E-state index contributed by atoms with van der Waals surface area (Å²) in [5, 5.41) is 7.23. The summed E-state index contributed by atoms with van der Waals surface area (Å²) in [6.45, 7) is 0. The van der Waals surface area contributed by atoms with Gasteiger partial charge in [0.25, 0.3) is 0 Å². The van der Waals surface area contributed by atoms with E-state index in [1.807, 2.05) is 48.5 Å². The van der Waals surface area contributed by atoms with Gasteiger partial charge in [-0.25, -0.2) is 0 Å². The van der Waals surface area contributed by atoms with Gasteiger partial charge in [-0.2, -0.15) is 0 Å². The number of benzene rings is 2. The summed E-state index contributed by atoms with van der Waals surface area (Å²) in [4.78, 5) is 12.0. The van der Waals surface area contributed by atoms with Gasteiger partial charge in [-0.15, -0.1) is 5.10 Å². The lowest BCUT2D eigenvalue weighted by Gasteiger charge is -2.22. The van der Waals surface area contributed by atoms with Crippen LogP contribution in [0.3, 0.4) is 0 Å². The smallest absolute Gasteiger partial charge is 0.313 e. The average Bonchev–Trinajstić information content (AvgIpc) is 3.11. The van der Waals surface area contributed by atoms with Crippen LogP contribution in [-0.4, -0.2) is 30.4 Å². The third-order valence-corrected chi connectivity index (χ3v) is 4.60. The number of hydrogen-bond donors (Lipinski definition) is 1. The van der Waals surface area contributed by atoms with E-state index in [0.717, 1.165) is 33.9 Å². The Labute approximate surface area is 150 Å². The van der Waals surface area contributed by atoms with E-state index in [1.54, 1.807) is 14.2 Å². The summed E-state index contributed by atoms with van der Waals surface area (Å²) >= 11 is 0. The number of methoxy groups -OCH3 is 2. The molecule has 0 aliphatic carbocycles. The molecule has 0 saturated heterocycles. The highest BCUT2D eigenvalue weighted by Crippen LogP contribution is 2.43. The Hall–Kier alpha value is -3.28. The average molecular weight is 350 g/mol. The van der Waals surface area contributed by atoms with Crippen molar-refractivity contribution in [3.63, 3.8) is 0 Å². The molecule has 6 heteroatoms. The fourth-order valence-electron chi connectivity index (χ4n) is 3.25. The number of carbonyl (C=O) groups excluding carboxylic acids is 1. The number of nitrogens with one attached hydrogen (secondary N) is 1. The summed E-state index contributed by atoms with van der Waals surface area (Å²) in [7, 11) is 3.26. The Morgan fingerprint density at radius 1 is 1.00 bits per heavy atom. The minimum atomic E-state index is -0.286. The molecule has 132 valence electrons. The lowest BCUT2D eigenvalue weighted by Crippen LogP contribution is -2.20. The number of fused-ring (bicyclic) bond motifs is 1. The van der Waals surface area contributed by atoms with Crippen LogP contribution >= 0.6 is 0 Å². The van der Waals surface area contributed by atoms with Gasteiger partial charge in [0.15, 0.2) is 0 Å². The fourth-order valence-corrected chi connectivity index (χ4v) is 3.25. The Kier molecular flexibility index (Phi) is 4.08. The van der Waals surface area contributed by atoms with Crippen molar-refractivity contribution in [3.05, 3.63) is 59.7 Å². The zero-order valence-electron chi connectivity index (χ0n) is 14.5. The molecule has 1 N–H and O–H groups in total. The molecule has 26 heavy (non-hydrogen) atoms. The van der Waals surface area contributed by atoms with Gasteiger partial charge in [-0.05, 0) is 42.0 Å². The number of ether oxygens (including phenoxy) is 3. The number of carbonyl (C=O) groups is 1. The first-order valence-corrected chi connectivity index (χ1v) is 8.27. The molecule has 1 atom stereocenters. The molecule has 0 amide bonds. The maximum absolute atomic E-state index is 12.0. The number of aromatic nitrogens is 2. The Bertz CT molecular complexity index is 929. The number of H-pyrrole nitrogens is 1. The number of aromatic amines is 1. The molecule has 3 aromatic rings. The third kappa shape index (κ3) is 2.79. The Morgan fingerprint density at radius 2 is 1.62 bits per heavy atom. The summed E-state index contributed by atoms with van der Waals surface area (Å²) in [6, 6.07) is 15.4. The monoisotopic (exact) mass is 350 g/mol. The summed E-state index contributed by atoms with van der Waals surface area (Å²) in [5.74, 6) is 1.47. The first-order chi connectivity index (χ1) is 12.7. The van der Waals surface area contributed by atoms with Crippen molar-refractivity contribution in [2.75, 3.05) is 14.2 Å². The number of nitrogens with zero attached hydrogens (tertiary/aromatic N) is 1. The minimum absolute atomic E-state index is 0.131. The van der Waals surface area contributed by atoms with Gasteiger partial charge < -0.3 is 14.2 Å². The van der Waals surface area contributed by atoms with Crippen LogP contribution in [0.2, 0.25) is 0 Å². The van der Waals surface area contributed by atoms with Crippen LogP contribution in [0.15, 0.2) is 48.5 Å². The molecular weight excluding hydrogens is 332 g/mol. The molecule has 0 unspecified atom stereocenters. The summed E-state index contributed by atoms with van der Waals surface area (Å²) in [6.07, 6.45) is 0.266. The third-order valence-electron chi connectivity index (χ3n) is 4.60. The Morgan fingerprint density at radius 3 is 2.23 bits per heavy atom. The van der Waals surface area contributed by atoms with Crippen LogP contribution in [-0.2, 0) is 4.79 Å². The Balaban J connectivity index is 1.79. The topological polar surface area (TPSA) is 73.4 Å². The van der Waals surface area contributed by atoms with Gasteiger partial charge in [-0.3, -0.25) is 9.89 Å². The van der Waals surface area contributed by atoms with Gasteiger partial charge in [0.1, 0.15) is 11.5 Å². The van der Waals surface area contributed by atoms with E-state index in [1.165, 1.54) is 0 Å². The first kappa shape index (κ1) is 16.2. The van der Waals surface area contributed by atoms with Crippen LogP contribution in [0.4, 0.5) is 0 Å². The molecule has 1 aromatic heterocycles. The standard InChI is InChI=1S/C20H18N2O4/c1-24-14-7-3-12(4-8-14)16-11-17(23)26-20-18(16)19(21-22-20)13-5-9-15(25-2)10-6-13/h3-10,16H,11H2,1-2H3,(H,21,22)/t16-/m0/s1. The maximum atomic E-state index is 12.0. The number of hydrogen-bond acceptors (Lipinski definition) is 5. The van der Waals surface area contributed by atoms with Crippen LogP contribution in [0, 0.1) is 0 Å². The molecule has 0 radical (unpaired) electrons. The van der Waals surface area contributed by atoms with Gasteiger partial charge in [0.2, 0.25) is 5.88 Å². The van der Waals surface area contributed by atoms with Crippen LogP contribution in [0.1, 0.15) is 23.5 Å². The van der Waals surface area contributed by atoms with Crippen molar-refractivity contribution in [2.45, 2.75) is 12.3 Å². The van der Waals surface area contributed by atoms with Crippen LogP contribution in [0.25, 0.3) is 11.3 Å². The zero-order valence-corrected chi connectivity index (χ0v) is 14.5. The van der Waals surface area contributed by atoms with Crippen molar-refractivity contribution in [3.8, 4) is 28.6 Å². The number of esters is 1. The predicted octanol–water partition coefficient (Wildman–Crippen LogP) is 3.53. The van der Waals surface area contributed by atoms with Gasteiger partial charge >= 0.3 is 5.97 Å². The molecule has 4 rings (SSSR count). The van der Waals surface area contributed by atoms with E-state index < -0.39 is 0 Å². The molecule has 0 bridgehead atoms. The summed E-state index contributed by atoms with van der Waals surface area (Å²) < 4.78 is 15.8. The second kappa shape index (κ2) is 6.55. The van der Waals surface area contributed by atoms with E-state index in [9.17, 15) is 4.79 Å². The normalized spacial score (nSPS) is 15.9. The zero-order chi connectivity index (χ0) is 18.1. The van der Waals surface area contributed by atoms with Crippen molar-refractivity contribution in [2.24, 2.45) is 0 Å².